The zero-order chi connectivity index (χ0) is 34.4. The Morgan fingerprint density at radius 2 is 1.74 bits per heavy atom. The van der Waals surface area contributed by atoms with Crippen molar-refractivity contribution >= 4 is 40.9 Å². The van der Waals surface area contributed by atoms with E-state index in [4.69, 9.17) is 19.1 Å². The Kier molecular flexibility index (Phi) is 14.8. The van der Waals surface area contributed by atoms with Gasteiger partial charge in [-0.25, -0.2) is 9.78 Å². The number of carboxylic acid groups (broad SMARTS) is 2. The first kappa shape index (κ1) is 37.6. The minimum absolute atomic E-state index is 0.0693. The number of benzene rings is 1. The van der Waals surface area contributed by atoms with E-state index in [0.29, 0.717) is 25.0 Å². The molecule has 0 radical (unpaired) electrons. The lowest BCUT2D eigenvalue weighted by atomic mass is 9.86. The molecule has 14 heteroatoms. The molecule has 3 heterocycles. The number of oxazole rings is 1. The van der Waals surface area contributed by atoms with Crippen LogP contribution in [0.3, 0.4) is 0 Å². The minimum Gasteiger partial charge on any atom is -0.480 e. The third kappa shape index (κ3) is 13.4. The fraction of sp³-hybridized carbons (Fsp3) is 0.394. The Labute approximate surface area is 278 Å². The van der Waals surface area contributed by atoms with Gasteiger partial charge in [0.25, 0.3) is 0 Å². The molecule has 2 N–H and O–H groups in total. The Hall–Kier alpha value is -3.85. The summed E-state index contributed by atoms with van der Waals surface area (Å²) in [5.74, 6) is -1.68. The summed E-state index contributed by atoms with van der Waals surface area (Å²) in [6, 6.07) is 15.9. The van der Waals surface area contributed by atoms with Crippen molar-refractivity contribution in [3.05, 3.63) is 86.1 Å². The summed E-state index contributed by atoms with van der Waals surface area (Å²) in [4.78, 5) is 38.9. The van der Waals surface area contributed by atoms with Gasteiger partial charge in [0.2, 0.25) is 5.89 Å². The molecule has 5 rings (SSSR count). The summed E-state index contributed by atoms with van der Waals surface area (Å²) < 4.78 is 43.9. The molecule has 1 aliphatic carbocycles. The van der Waals surface area contributed by atoms with Crippen molar-refractivity contribution in [3.8, 4) is 11.5 Å². The highest BCUT2D eigenvalue weighted by Gasteiger charge is 2.38. The maximum Gasteiger partial charge on any atom is 0.490 e. The highest BCUT2D eigenvalue weighted by Crippen LogP contribution is 2.29. The van der Waals surface area contributed by atoms with Crippen LogP contribution in [0.25, 0.3) is 11.5 Å². The van der Waals surface area contributed by atoms with Crippen LogP contribution < -0.4 is 0 Å². The Morgan fingerprint density at radius 3 is 2.30 bits per heavy atom. The van der Waals surface area contributed by atoms with Crippen LogP contribution >= 0.6 is 22.7 Å². The summed E-state index contributed by atoms with van der Waals surface area (Å²) in [6.45, 7) is 5.97. The number of hydrogen-bond donors (Lipinski definition) is 2. The van der Waals surface area contributed by atoms with E-state index in [2.05, 4.69) is 35.0 Å². The van der Waals surface area contributed by atoms with Crippen molar-refractivity contribution in [1.82, 2.24) is 9.88 Å². The van der Waals surface area contributed by atoms with E-state index in [1.807, 2.05) is 41.9 Å². The molecule has 1 aliphatic rings. The third-order valence-corrected chi connectivity index (χ3v) is 8.78. The lowest BCUT2D eigenvalue weighted by Gasteiger charge is -2.32. The molecule has 0 saturated heterocycles. The second-order valence-electron chi connectivity index (χ2n) is 10.9. The summed E-state index contributed by atoms with van der Waals surface area (Å²) in [6.07, 6.45) is 0.119. The third-order valence-electron chi connectivity index (χ3n) is 7.12. The van der Waals surface area contributed by atoms with E-state index in [9.17, 15) is 27.9 Å². The second kappa shape index (κ2) is 18.5. The van der Waals surface area contributed by atoms with Gasteiger partial charge in [-0.2, -0.15) is 13.2 Å². The molecule has 0 spiro atoms. The van der Waals surface area contributed by atoms with Crippen LogP contribution in [0.4, 0.5) is 13.2 Å². The number of carboxylic acids is 2. The topological polar surface area (TPSA) is 130 Å². The number of nitrogens with zero attached hydrogens (tertiary/aromatic N) is 2. The molecule has 0 bridgehead atoms. The molecule has 1 fully saturated rings. The van der Waals surface area contributed by atoms with Gasteiger partial charge in [0.1, 0.15) is 11.5 Å². The summed E-state index contributed by atoms with van der Waals surface area (Å²) in [5.41, 5.74) is 3.02. The maximum atomic E-state index is 11.4. The standard InChI is InChI=1S/C26H32N2O4S.C5H4OS.C2HF3O2/c1-18-8-10-21(11-9-18)26-27-24(19(2)32-26)17-31-22-6-3-5-20(13-22)14-28(16-25(29)30)15-23-7-4-12-33-23;6-4-5-2-1-3-7-5;3-2(4,5)1(6)7/h4,7-12,20,22H,3,5-6,13-17H2,1-2H3,(H,29,30);1-4H;(H,6,7)/t20-,22+;;/m0../s1. The predicted octanol–water partition coefficient (Wildman–Crippen LogP) is 7.88. The van der Waals surface area contributed by atoms with Crippen molar-refractivity contribution < 1.29 is 46.9 Å². The Morgan fingerprint density at radius 1 is 1.06 bits per heavy atom. The van der Waals surface area contributed by atoms with Gasteiger partial charge in [-0.1, -0.05) is 36.2 Å². The minimum atomic E-state index is -5.08. The van der Waals surface area contributed by atoms with Gasteiger partial charge in [-0.15, -0.1) is 22.7 Å². The van der Waals surface area contributed by atoms with Crippen molar-refractivity contribution in [1.29, 1.82) is 0 Å². The molecule has 0 aliphatic heterocycles. The van der Waals surface area contributed by atoms with Crippen LogP contribution in [0.5, 0.6) is 0 Å². The number of carbonyl (C=O) groups excluding carboxylic acids is 1. The number of rotatable bonds is 11. The van der Waals surface area contributed by atoms with Gasteiger partial charge in [0, 0.05) is 23.5 Å². The molecule has 3 aromatic heterocycles. The maximum absolute atomic E-state index is 11.4. The number of aliphatic carboxylic acids is 2. The van der Waals surface area contributed by atoms with Crippen molar-refractivity contribution in [2.75, 3.05) is 13.1 Å². The number of alkyl halides is 3. The van der Waals surface area contributed by atoms with Crippen molar-refractivity contribution in [3.63, 3.8) is 0 Å². The number of hydrogen-bond acceptors (Lipinski definition) is 9. The van der Waals surface area contributed by atoms with E-state index in [-0.39, 0.29) is 12.6 Å². The molecule has 9 nitrogen and oxygen atoms in total. The van der Waals surface area contributed by atoms with Crippen LogP contribution in [-0.4, -0.2) is 63.7 Å². The molecule has 47 heavy (non-hydrogen) atoms. The number of ether oxygens (including phenoxy) is 1. The Balaban J connectivity index is 0.000000355. The molecule has 1 aromatic carbocycles. The summed E-state index contributed by atoms with van der Waals surface area (Å²) >= 11 is 3.13. The molecular formula is C33H37F3N2O7S2. The zero-order valence-corrected chi connectivity index (χ0v) is 27.6. The Bertz CT molecular complexity index is 1520. The van der Waals surface area contributed by atoms with Gasteiger partial charge >= 0.3 is 18.1 Å². The number of thiophene rings is 2. The fourth-order valence-corrected chi connectivity index (χ4v) is 6.13. The van der Waals surface area contributed by atoms with Crippen molar-refractivity contribution in [2.24, 2.45) is 5.92 Å². The lowest BCUT2D eigenvalue weighted by Crippen LogP contribution is -2.36. The molecule has 4 aromatic rings. The normalized spacial score (nSPS) is 16.0. The van der Waals surface area contributed by atoms with Crippen LogP contribution in [-0.2, 0) is 27.5 Å². The number of aryl methyl sites for hydroxylation is 2. The monoisotopic (exact) mass is 694 g/mol. The SMILES string of the molecule is Cc1ccc(-c2nc(CO[C@@H]3CCC[C@H](CN(CC(=O)O)Cc4cccs4)C3)c(C)o2)cc1.O=C(O)C(F)(F)F.O=Cc1cccs1. The van der Waals surface area contributed by atoms with E-state index in [0.717, 1.165) is 60.4 Å². The van der Waals surface area contributed by atoms with Crippen LogP contribution in [0.15, 0.2) is 63.7 Å². The average Bonchev–Trinajstić information content (AvgIpc) is 3.80. The van der Waals surface area contributed by atoms with Crippen molar-refractivity contribution in [2.45, 2.75) is 65.0 Å². The van der Waals surface area contributed by atoms with Gasteiger partial charge in [-0.05, 0) is 74.1 Å². The largest absolute Gasteiger partial charge is 0.490 e. The molecular weight excluding hydrogens is 657 g/mol. The lowest BCUT2D eigenvalue weighted by molar-refractivity contribution is -0.192. The van der Waals surface area contributed by atoms with Crippen LogP contribution in [0.1, 0.15) is 57.2 Å². The predicted molar refractivity (Wildman–Crippen MR) is 173 cm³/mol. The summed E-state index contributed by atoms with van der Waals surface area (Å²) in [5, 5.41) is 20.4. The van der Waals surface area contributed by atoms with Crippen LogP contribution in [0.2, 0.25) is 0 Å². The van der Waals surface area contributed by atoms with E-state index >= 15 is 0 Å². The molecule has 1 saturated carbocycles. The average molecular weight is 695 g/mol. The summed E-state index contributed by atoms with van der Waals surface area (Å²) in [7, 11) is 0. The zero-order valence-electron chi connectivity index (χ0n) is 25.9. The number of aromatic nitrogens is 1. The molecule has 254 valence electrons. The molecule has 0 amide bonds. The quantitative estimate of drug-likeness (QED) is 0.151. The fourth-order valence-electron chi connectivity index (χ4n) is 4.86. The van der Waals surface area contributed by atoms with Gasteiger partial charge < -0.3 is 19.4 Å². The first-order valence-electron chi connectivity index (χ1n) is 14.7. The smallest absolute Gasteiger partial charge is 0.480 e. The number of aldehydes is 1. The molecule has 2 atom stereocenters. The number of halogens is 3. The highest BCUT2D eigenvalue weighted by atomic mass is 32.1. The second-order valence-corrected chi connectivity index (χ2v) is 12.9. The van der Waals surface area contributed by atoms with Gasteiger partial charge in [-0.3, -0.25) is 14.5 Å². The van der Waals surface area contributed by atoms with Gasteiger partial charge in [0.05, 0.1) is 24.1 Å². The van der Waals surface area contributed by atoms with E-state index in [1.165, 1.54) is 21.8 Å². The number of carbonyl (C=O) groups is 3. The van der Waals surface area contributed by atoms with Gasteiger partial charge in [0.15, 0.2) is 6.29 Å². The first-order valence-corrected chi connectivity index (χ1v) is 16.5. The first-order chi connectivity index (χ1) is 22.3. The van der Waals surface area contributed by atoms with Crippen LogP contribution in [0, 0.1) is 19.8 Å². The molecule has 0 unspecified atom stereocenters. The van der Waals surface area contributed by atoms with E-state index < -0.39 is 18.1 Å². The van der Waals surface area contributed by atoms with E-state index in [1.54, 1.807) is 17.4 Å². The highest BCUT2D eigenvalue weighted by molar-refractivity contribution is 7.11.